The lowest BCUT2D eigenvalue weighted by atomic mass is 10.0. The lowest BCUT2D eigenvalue weighted by Gasteiger charge is -2.36. The topological polar surface area (TPSA) is 91.9 Å². The van der Waals surface area contributed by atoms with E-state index in [0.717, 1.165) is 32.0 Å². The molecule has 3 N–H and O–H groups in total. The molecule has 0 spiro atoms. The predicted molar refractivity (Wildman–Crippen MR) is 104 cm³/mol. The van der Waals surface area contributed by atoms with E-state index in [4.69, 9.17) is 10.5 Å². The van der Waals surface area contributed by atoms with Gasteiger partial charge in [-0.3, -0.25) is 9.69 Å². The van der Waals surface area contributed by atoms with Crippen LogP contribution in [-0.2, 0) is 0 Å². The van der Waals surface area contributed by atoms with E-state index < -0.39 is 12.0 Å². The number of carbonyl (C=O) groups excluding carboxylic acids is 1. The maximum Gasteiger partial charge on any atom is 0.252 e. The summed E-state index contributed by atoms with van der Waals surface area (Å²) in [5.41, 5.74) is 7.52. The Hall–Kier alpha value is -2.64. The maximum absolute atomic E-state index is 11.6. The average molecular weight is 370 g/mol. The van der Waals surface area contributed by atoms with Gasteiger partial charge < -0.3 is 20.5 Å². The molecule has 1 fully saturated rings. The van der Waals surface area contributed by atoms with E-state index in [9.17, 15) is 9.90 Å². The summed E-state index contributed by atoms with van der Waals surface area (Å²) in [6.07, 6.45) is 1.12. The highest BCUT2D eigenvalue weighted by Crippen LogP contribution is 2.24. The number of nitrogens with zero attached hydrogens (tertiary/aromatic N) is 3. The number of primary amides is 1. The highest BCUT2D eigenvalue weighted by molar-refractivity contribution is 5.95. The molecule has 0 aliphatic carbocycles. The Bertz CT molecular complexity index is 804. The second-order valence-electron chi connectivity index (χ2n) is 6.77. The fourth-order valence-corrected chi connectivity index (χ4v) is 3.43. The fraction of sp³-hybridized carbons (Fsp3) is 0.400. The van der Waals surface area contributed by atoms with Crippen LogP contribution < -0.4 is 15.4 Å². The number of nitrogens with two attached hydrogens (primary N) is 1. The van der Waals surface area contributed by atoms with Gasteiger partial charge in [0.25, 0.3) is 5.91 Å². The summed E-state index contributed by atoms with van der Waals surface area (Å²) in [7, 11) is 1.49. The molecule has 1 saturated heterocycles. The second-order valence-corrected chi connectivity index (χ2v) is 6.77. The number of aryl methyl sites for hydroxylation is 1. The van der Waals surface area contributed by atoms with Crippen LogP contribution >= 0.6 is 0 Å². The quantitative estimate of drug-likeness (QED) is 0.798. The van der Waals surface area contributed by atoms with Gasteiger partial charge in [-0.15, -0.1) is 0 Å². The van der Waals surface area contributed by atoms with Crippen LogP contribution in [0.15, 0.2) is 36.5 Å². The van der Waals surface area contributed by atoms with E-state index in [0.29, 0.717) is 17.9 Å². The predicted octanol–water partition coefficient (Wildman–Crippen LogP) is 1.35. The van der Waals surface area contributed by atoms with Crippen molar-refractivity contribution in [1.82, 2.24) is 9.88 Å². The van der Waals surface area contributed by atoms with Gasteiger partial charge in [0, 0.05) is 38.9 Å². The lowest BCUT2D eigenvalue weighted by Crippen LogP contribution is -2.48. The summed E-state index contributed by atoms with van der Waals surface area (Å²) in [4.78, 5) is 20.6. The van der Waals surface area contributed by atoms with Crippen molar-refractivity contribution in [2.45, 2.75) is 13.0 Å². The molecule has 0 saturated carbocycles. The van der Waals surface area contributed by atoms with Gasteiger partial charge in [0.2, 0.25) is 0 Å². The third kappa shape index (κ3) is 4.37. The van der Waals surface area contributed by atoms with Crippen LogP contribution in [0, 0.1) is 6.92 Å². The number of carbonyl (C=O) groups is 1. The van der Waals surface area contributed by atoms with Crippen LogP contribution in [0.1, 0.15) is 27.6 Å². The molecule has 27 heavy (non-hydrogen) atoms. The smallest absolute Gasteiger partial charge is 0.252 e. The average Bonchev–Trinajstić information content (AvgIpc) is 2.68. The first-order chi connectivity index (χ1) is 13.0. The maximum atomic E-state index is 11.6. The number of methoxy groups -OCH3 is 1. The number of amides is 1. The highest BCUT2D eigenvalue weighted by atomic mass is 16.5. The first-order valence-electron chi connectivity index (χ1n) is 9.04. The van der Waals surface area contributed by atoms with Crippen molar-refractivity contribution >= 4 is 11.7 Å². The number of rotatable bonds is 6. The molecule has 1 unspecified atom stereocenters. The Balaban J connectivity index is 1.61. The van der Waals surface area contributed by atoms with Crippen molar-refractivity contribution < 1.29 is 14.6 Å². The number of aliphatic hydroxyl groups is 1. The molecule has 7 nitrogen and oxygen atoms in total. The molecular formula is C20H26N4O3. The first kappa shape index (κ1) is 19.1. The summed E-state index contributed by atoms with van der Waals surface area (Å²) in [6, 6.07) is 9.06. The van der Waals surface area contributed by atoms with E-state index in [1.54, 1.807) is 18.2 Å². The van der Waals surface area contributed by atoms with E-state index in [1.165, 1.54) is 12.7 Å². The molecule has 1 atom stereocenters. The molecule has 7 heteroatoms. The molecule has 144 valence electrons. The van der Waals surface area contributed by atoms with E-state index >= 15 is 0 Å². The minimum atomic E-state index is -0.697. The highest BCUT2D eigenvalue weighted by Gasteiger charge is 2.22. The number of benzene rings is 1. The molecule has 1 aliphatic rings. The number of anilines is 1. The Labute approximate surface area is 159 Å². The number of hydrogen-bond acceptors (Lipinski definition) is 6. The summed E-state index contributed by atoms with van der Waals surface area (Å²) in [5, 5.41) is 10.6. The molecule has 1 aromatic carbocycles. The van der Waals surface area contributed by atoms with Gasteiger partial charge in [-0.1, -0.05) is 12.1 Å². The molecule has 1 amide bonds. The van der Waals surface area contributed by atoms with Crippen molar-refractivity contribution in [3.8, 4) is 5.75 Å². The van der Waals surface area contributed by atoms with Crippen LogP contribution in [0.2, 0.25) is 0 Å². The van der Waals surface area contributed by atoms with Gasteiger partial charge in [0.05, 0.1) is 18.8 Å². The molecule has 3 rings (SSSR count). The normalized spacial score (nSPS) is 16.2. The number of aromatic nitrogens is 1. The monoisotopic (exact) mass is 370 g/mol. The van der Waals surface area contributed by atoms with Crippen LogP contribution in [0.3, 0.4) is 0 Å². The Morgan fingerprint density at radius 1 is 1.30 bits per heavy atom. The lowest BCUT2D eigenvalue weighted by molar-refractivity contribution is 0.0995. The molecular weight excluding hydrogens is 344 g/mol. The molecule has 0 radical (unpaired) electrons. The van der Waals surface area contributed by atoms with Gasteiger partial charge in [0.1, 0.15) is 11.6 Å². The van der Waals surface area contributed by atoms with Crippen molar-refractivity contribution in [3.05, 3.63) is 53.2 Å². The summed E-state index contributed by atoms with van der Waals surface area (Å²) < 4.78 is 5.15. The zero-order valence-corrected chi connectivity index (χ0v) is 15.8. The SMILES string of the molecule is COc1ccc(C(O)CN2CCN(c3ncccc3C)CC2)cc1C(N)=O. The van der Waals surface area contributed by atoms with Crippen molar-refractivity contribution in [1.29, 1.82) is 0 Å². The molecule has 2 aromatic rings. The second kappa shape index (κ2) is 8.37. The third-order valence-corrected chi connectivity index (χ3v) is 4.96. The Morgan fingerprint density at radius 3 is 2.67 bits per heavy atom. The number of pyridine rings is 1. The Morgan fingerprint density at radius 2 is 2.04 bits per heavy atom. The number of ether oxygens (including phenoxy) is 1. The summed E-state index contributed by atoms with van der Waals surface area (Å²) in [6.45, 7) is 5.97. The fourth-order valence-electron chi connectivity index (χ4n) is 3.43. The van der Waals surface area contributed by atoms with Crippen LogP contribution in [0.4, 0.5) is 5.82 Å². The third-order valence-electron chi connectivity index (χ3n) is 4.96. The van der Waals surface area contributed by atoms with Gasteiger partial charge in [0.15, 0.2) is 0 Å². The van der Waals surface area contributed by atoms with Gasteiger partial charge in [-0.05, 0) is 36.2 Å². The number of hydrogen-bond donors (Lipinski definition) is 2. The minimum absolute atomic E-state index is 0.282. The van der Waals surface area contributed by atoms with Crippen molar-refractivity contribution in [2.75, 3.05) is 44.7 Å². The number of piperazine rings is 1. The minimum Gasteiger partial charge on any atom is -0.496 e. The zero-order valence-electron chi connectivity index (χ0n) is 15.8. The van der Waals surface area contributed by atoms with E-state index in [-0.39, 0.29) is 5.56 Å². The van der Waals surface area contributed by atoms with Gasteiger partial charge >= 0.3 is 0 Å². The Kier molecular flexibility index (Phi) is 5.93. The molecule has 0 bridgehead atoms. The van der Waals surface area contributed by atoms with Crippen LogP contribution in [0.25, 0.3) is 0 Å². The van der Waals surface area contributed by atoms with Crippen LogP contribution in [0.5, 0.6) is 5.75 Å². The van der Waals surface area contributed by atoms with Gasteiger partial charge in [-0.2, -0.15) is 0 Å². The standard InChI is InChI=1S/C20H26N4O3/c1-14-4-3-7-22-20(14)24-10-8-23(9-11-24)13-17(25)15-5-6-18(27-2)16(12-15)19(21)26/h3-7,12,17,25H,8-11,13H2,1-2H3,(H2,21,26). The summed E-state index contributed by atoms with van der Waals surface area (Å²) >= 11 is 0. The molecule has 1 aliphatic heterocycles. The van der Waals surface area contributed by atoms with Gasteiger partial charge in [-0.25, -0.2) is 4.98 Å². The van der Waals surface area contributed by atoms with E-state index in [2.05, 4.69) is 27.8 Å². The van der Waals surface area contributed by atoms with E-state index in [1.807, 2.05) is 12.3 Å². The van der Waals surface area contributed by atoms with Crippen molar-refractivity contribution in [2.24, 2.45) is 5.73 Å². The van der Waals surface area contributed by atoms with Crippen LogP contribution in [-0.4, -0.2) is 60.7 Å². The molecule has 1 aromatic heterocycles. The first-order valence-corrected chi connectivity index (χ1v) is 9.04. The number of aliphatic hydroxyl groups excluding tert-OH is 1. The summed E-state index contributed by atoms with van der Waals surface area (Å²) in [5.74, 6) is 0.872. The largest absolute Gasteiger partial charge is 0.496 e. The number of β-amino-alcohol motifs (C(OH)–C–C–N with tert-alkyl or cyclic N) is 1. The van der Waals surface area contributed by atoms with Crippen molar-refractivity contribution in [3.63, 3.8) is 0 Å². The molecule has 2 heterocycles. The zero-order chi connectivity index (χ0) is 19.4.